The first-order valence-electron chi connectivity index (χ1n) is 5.85. The van der Waals surface area contributed by atoms with Crippen molar-refractivity contribution >= 4 is 11.8 Å². The van der Waals surface area contributed by atoms with Gasteiger partial charge in [0.25, 0.3) is 0 Å². The molecule has 0 spiro atoms. The lowest BCUT2D eigenvalue weighted by Gasteiger charge is -2.32. The Kier molecular flexibility index (Phi) is 6.64. The molecule has 0 saturated carbocycles. The monoisotopic (exact) mass is 233 g/mol. The van der Waals surface area contributed by atoms with Gasteiger partial charge in [-0.2, -0.15) is 11.8 Å². The third-order valence-corrected chi connectivity index (χ3v) is 3.71. The summed E-state index contributed by atoms with van der Waals surface area (Å²) in [4.78, 5) is 0. The van der Waals surface area contributed by atoms with Gasteiger partial charge in [0.1, 0.15) is 0 Å². The van der Waals surface area contributed by atoms with Crippen molar-refractivity contribution in [1.29, 1.82) is 0 Å². The standard InChI is InChI=1S/C11H23NO2S/c1-2-15-9-3-6-12-10-11(13)4-7-14-8-5-11/h12-13H,2-10H2,1H3. The van der Waals surface area contributed by atoms with Crippen LogP contribution in [0.15, 0.2) is 0 Å². The summed E-state index contributed by atoms with van der Waals surface area (Å²) in [5.74, 6) is 2.41. The molecule has 0 unspecified atom stereocenters. The van der Waals surface area contributed by atoms with Gasteiger partial charge in [0.05, 0.1) is 5.60 Å². The summed E-state index contributed by atoms with van der Waals surface area (Å²) < 4.78 is 5.23. The van der Waals surface area contributed by atoms with Crippen LogP contribution in [0.2, 0.25) is 0 Å². The van der Waals surface area contributed by atoms with Crippen LogP contribution >= 0.6 is 11.8 Å². The van der Waals surface area contributed by atoms with Crippen LogP contribution in [0.4, 0.5) is 0 Å². The van der Waals surface area contributed by atoms with Crippen LogP contribution in [-0.2, 0) is 4.74 Å². The highest BCUT2D eigenvalue weighted by Gasteiger charge is 2.28. The zero-order valence-electron chi connectivity index (χ0n) is 9.63. The molecule has 1 saturated heterocycles. The Bertz CT molecular complexity index is 161. The van der Waals surface area contributed by atoms with E-state index in [1.165, 1.54) is 17.9 Å². The molecular formula is C11H23NO2S. The Hall–Kier alpha value is 0.230. The third kappa shape index (κ3) is 5.76. The van der Waals surface area contributed by atoms with Crippen LogP contribution in [0.3, 0.4) is 0 Å². The molecular weight excluding hydrogens is 210 g/mol. The lowest BCUT2D eigenvalue weighted by atomic mass is 9.94. The van der Waals surface area contributed by atoms with Crippen molar-refractivity contribution in [1.82, 2.24) is 5.32 Å². The van der Waals surface area contributed by atoms with Crippen LogP contribution < -0.4 is 5.32 Å². The predicted molar refractivity (Wildman–Crippen MR) is 65.5 cm³/mol. The summed E-state index contributed by atoms with van der Waals surface area (Å²) in [6.07, 6.45) is 2.72. The average Bonchev–Trinajstić information content (AvgIpc) is 2.24. The number of rotatable bonds is 7. The van der Waals surface area contributed by atoms with E-state index < -0.39 is 5.60 Å². The van der Waals surface area contributed by atoms with E-state index in [-0.39, 0.29) is 0 Å². The van der Waals surface area contributed by atoms with Crippen molar-refractivity contribution < 1.29 is 9.84 Å². The van der Waals surface area contributed by atoms with Gasteiger partial charge in [-0.15, -0.1) is 0 Å². The Morgan fingerprint density at radius 3 is 2.80 bits per heavy atom. The van der Waals surface area contributed by atoms with Crippen LogP contribution in [0, 0.1) is 0 Å². The molecule has 0 atom stereocenters. The van der Waals surface area contributed by atoms with Gasteiger partial charge in [-0.05, 0) is 24.5 Å². The van der Waals surface area contributed by atoms with Crippen molar-refractivity contribution in [3.8, 4) is 0 Å². The van der Waals surface area contributed by atoms with Gasteiger partial charge in [0, 0.05) is 32.6 Å². The molecule has 0 amide bonds. The SMILES string of the molecule is CCSCCCNCC1(O)CCOCC1. The number of aliphatic hydroxyl groups is 1. The fourth-order valence-corrected chi connectivity index (χ4v) is 2.33. The van der Waals surface area contributed by atoms with E-state index >= 15 is 0 Å². The van der Waals surface area contributed by atoms with E-state index in [1.54, 1.807) is 0 Å². The molecule has 0 aliphatic carbocycles. The fraction of sp³-hybridized carbons (Fsp3) is 1.00. The molecule has 1 fully saturated rings. The Balaban J connectivity index is 1.98. The number of ether oxygens (including phenoxy) is 1. The summed E-state index contributed by atoms with van der Waals surface area (Å²) in [7, 11) is 0. The van der Waals surface area contributed by atoms with Crippen LogP contribution in [-0.4, -0.2) is 48.5 Å². The van der Waals surface area contributed by atoms with Crippen LogP contribution in [0.5, 0.6) is 0 Å². The van der Waals surface area contributed by atoms with E-state index in [9.17, 15) is 5.11 Å². The van der Waals surface area contributed by atoms with Gasteiger partial charge in [0.2, 0.25) is 0 Å². The van der Waals surface area contributed by atoms with E-state index in [0.717, 1.165) is 19.4 Å². The third-order valence-electron chi connectivity index (χ3n) is 2.72. The number of hydrogen-bond donors (Lipinski definition) is 2. The van der Waals surface area contributed by atoms with Gasteiger partial charge in [-0.1, -0.05) is 6.92 Å². The Labute approximate surface area is 97.0 Å². The highest BCUT2D eigenvalue weighted by Crippen LogP contribution is 2.19. The summed E-state index contributed by atoms with van der Waals surface area (Å²) in [5, 5.41) is 13.5. The number of hydrogen-bond acceptors (Lipinski definition) is 4. The second-order valence-corrected chi connectivity index (χ2v) is 5.46. The topological polar surface area (TPSA) is 41.5 Å². The molecule has 1 aliphatic heterocycles. The second kappa shape index (κ2) is 7.49. The van der Waals surface area contributed by atoms with Gasteiger partial charge in [0.15, 0.2) is 0 Å². The maximum Gasteiger partial charge on any atom is 0.0815 e. The van der Waals surface area contributed by atoms with Crippen LogP contribution in [0.1, 0.15) is 26.2 Å². The highest BCUT2D eigenvalue weighted by atomic mass is 32.2. The molecule has 2 N–H and O–H groups in total. The molecule has 0 radical (unpaired) electrons. The number of thioether (sulfide) groups is 1. The minimum atomic E-state index is -0.518. The average molecular weight is 233 g/mol. The molecule has 0 aromatic heterocycles. The van der Waals surface area contributed by atoms with Gasteiger partial charge in [-0.3, -0.25) is 0 Å². The van der Waals surface area contributed by atoms with Crippen molar-refractivity contribution in [3.05, 3.63) is 0 Å². The van der Waals surface area contributed by atoms with Crippen LogP contribution in [0.25, 0.3) is 0 Å². The van der Waals surface area contributed by atoms with Gasteiger partial charge < -0.3 is 15.2 Å². The van der Waals surface area contributed by atoms with Crippen molar-refractivity contribution in [2.45, 2.75) is 31.8 Å². The van der Waals surface area contributed by atoms with Crippen molar-refractivity contribution in [2.75, 3.05) is 37.8 Å². The van der Waals surface area contributed by atoms with Crippen molar-refractivity contribution in [3.63, 3.8) is 0 Å². The van der Waals surface area contributed by atoms with E-state index in [0.29, 0.717) is 19.8 Å². The second-order valence-electron chi connectivity index (χ2n) is 4.06. The van der Waals surface area contributed by atoms with E-state index in [4.69, 9.17) is 4.74 Å². The smallest absolute Gasteiger partial charge is 0.0815 e. The Morgan fingerprint density at radius 2 is 2.13 bits per heavy atom. The Morgan fingerprint density at radius 1 is 1.40 bits per heavy atom. The molecule has 0 bridgehead atoms. The van der Waals surface area contributed by atoms with Gasteiger partial charge in [-0.25, -0.2) is 0 Å². The molecule has 4 heteroatoms. The predicted octanol–water partition coefficient (Wildman–Crippen LogP) is 1.26. The lowest BCUT2D eigenvalue weighted by molar-refractivity contribution is -0.0614. The highest BCUT2D eigenvalue weighted by molar-refractivity contribution is 7.99. The maximum atomic E-state index is 10.1. The summed E-state index contributed by atoms with van der Waals surface area (Å²) in [6, 6.07) is 0. The molecule has 0 aromatic rings. The quantitative estimate of drug-likeness (QED) is 0.650. The van der Waals surface area contributed by atoms with E-state index in [2.05, 4.69) is 12.2 Å². The molecule has 0 aromatic carbocycles. The molecule has 1 rings (SSSR count). The number of nitrogens with one attached hydrogen (secondary N) is 1. The summed E-state index contributed by atoms with van der Waals surface area (Å²) >= 11 is 1.97. The molecule has 90 valence electrons. The first-order chi connectivity index (χ1) is 7.27. The largest absolute Gasteiger partial charge is 0.388 e. The molecule has 1 aliphatic rings. The lowest BCUT2D eigenvalue weighted by Crippen LogP contribution is -2.45. The zero-order chi connectivity index (χ0) is 11.0. The molecule has 1 heterocycles. The van der Waals surface area contributed by atoms with Crippen molar-refractivity contribution in [2.24, 2.45) is 0 Å². The molecule has 3 nitrogen and oxygen atoms in total. The first kappa shape index (κ1) is 13.3. The normalized spacial score (nSPS) is 20.4. The minimum Gasteiger partial charge on any atom is -0.388 e. The summed E-state index contributed by atoms with van der Waals surface area (Å²) in [5.41, 5.74) is -0.518. The summed E-state index contributed by atoms with van der Waals surface area (Å²) in [6.45, 7) is 5.31. The zero-order valence-corrected chi connectivity index (χ0v) is 10.4. The van der Waals surface area contributed by atoms with Gasteiger partial charge >= 0.3 is 0 Å². The minimum absolute atomic E-state index is 0.518. The molecule has 15 heavy (non-hydrogen) atoms. The fourth-order valence-electron chi connectivity index (χ4n) is 1.69. The van der Waals surface area contributed by atoms with E-state index in [1.807, 2.05) is 11.8 Å². The first-order valence-corrected chi connectivity index (χ1v) is 7.01. The maximum absolute atomic E-state index is 10.1.